The number of rotatable bonds is 5. The second-order valence-electron chi connectivity index (χ2n) is 4.19. The van der Waals surface area contributed by atoms with Gasteiger partial charge in [-0.3, -0.25) is 4.90 Å². The first-order valence-corrected chi connectivity index (χ1v) is 5.46. The molecule has 1 aromatic carbocycles. The summed E-state index contributed by atoms with van der Waals surface area (Å²) >= 11 is 0. The molecule has 0 saturated heterocycles. The zero-order chi connectivity index (χ0) is 13.8. The molecule has 1 aromatic rings. The molecule has 6 heteroatoms. The van der Waals surface area contributed by atoms with Gasteiger partial charge in [0.2, 0.25) is 0 Å². The zero-order valence-corrected chi connectivity index (χ0v) is 10.4. The van der Waals surface area contributed by atoms with Crippen LogP contribution in [0.1, 0.15) is 11.6 Å². The average Bonchev–Trinajstić information content (AvgIpc) is 2.26. The van der Waals surface area contributed by atoms with Crippen LogP contribution in [0.4, 0.5) is 13.2 Å². The minimum Gasteiger partial charge on any atom is -0.497 e. The average molecular weight is 262 g/mol. The molecule has 1 atom stereocenters. The van der Waals surface area contributed by atoms with Gasteiger partial charge < -0.3 is 10.5 Å². The summed E-state index contributed by atoms with van der Waals surface area (Å²) < 4.78 is 41.5. The fourth-order valence-electron chi connectivity index (χ4n) is 1.66. The molecule has 3 nitrogen and oxygen atoms in total. The predicted molar refractivity (Wildman–Crippen MR) is 63.5 cm³/mol. The second-order valence-corrected chi connectivity index (χ2v) is 4.19. The van der Waals surface area contributed by atoms with Crippen molar-refractivity contribution in [3.05, 3.63) is 29.8 Å². The summed E-state index contributed by atoms with van der Waals surface area (Å²) in [6.45, 7) is -0.817. The van der Waals surface area contributed by atoms with E-state index in [1.54, 1.807) is 31.4 Å². The lowest BCUT2D eigenvalue weighted by Crippen LogP contribution is -2.36. The molecular weight excluding hydrogens is 245 g/mol. The summed E-state index contributed by atoms with van der Waals surface area (Å²) in [5.74, 6) is 0.689. The number of likely N-dealkylation sites (N-methyl/N-ethyl adjacent to an activating group) is 1. The van der Waals surface area contributed by atoms with Crippen LogP contribution < -0.4 is 10.5 Å². The lowest BCUT2D eigenvalue weighted by molar-refractivity contribution is -0.143. The first-order valence-electron chi connectivity index (χ1n) is 5.46. The summed E-state index contributed by atoms with van der Waals surface area (Å²) in [5.41, 5.74) is 6.64. The van der Waals surface area contributed by atoms with Gasteiger partial charge in [0.15, 0.2) is 0 Å². The number of methoxy groups -OCH3 is 1. The lowest BCUT2D eigenvalue weighted by atomic mass is 10.1. The largest absolute Gasteiger partial charge is 0.497 e. The minimum absolute atomic E-state index is 0.145. The highest BCUT2D eigenvalue weighted by Gasteiger charge is 2.29. The van der Waals surface area contributed by atoms with Gasteiger partial charge in [-0.05, 0) is 24.7 Å². The Hall–Kier alpha value is -1.27. The summed E-state index contributed by atoms with van der Waals surface area (Å²) in [6.07, 6.45) is -4.20. The molecule has 0 fully saturated rings. The number of benzene rings is 1. The standard InChI is InChI=1S/C12H17F3N2O/c1-17(8-12(13,14)15)7-11(16)9-3-5-10(18-2)6-4-9/h3-6,11H,7-8,16H2,1-2H3. The van der Waals surface area contributed by atoms with Crippen molar-refractivity contribution in [2.24, 2.45) is 5.73 Å². The Labute approximate surface area is 104 Å². The van der Waals surface area contributed by atoms with Crippen LogP contribution in [0.2, 0.25) is 0 Å². The van der Waals surface area contributed by atoms with Crippen LogP contribution in [0.5, 0.6) is 5.75 Å². The van der Waals surface area contributed by atoms with Gasteiger partial charge >= 0.3 is 6.18 Å². The van der Waals surface area contributed by atoms with Crippen LogP contribution in [-0.4, -0.2) is 38.3 Å². The SMILES string of the molecule is COc1ccc(C(N)CN(C)CC(F)(F)F)cc1. The maximum Gasteiger partial charge on any atom is 0.401 e. The lowest BCUT2D eigenvalue weighted by Gasteiger charge is -2.22. The Morgan fingerprint density at radius 1 is 1.28 bits per heavy atom. The Morgan fingerprint density at radius 2 is 1.83 bits per heavy atom. The zero-order valence-electron chi connectivity index (χ0n) is 10.4. The Morgan fingerprint density at radius 3 is 2.28 bits per heavy atom. The third kappa shape index (κ3) is 4.93. The van der Waals surface area contributed by atoms with Gasteiger partial charge in [-0.1, -0.05) is 12.1 Å². The Balaban J connectivity index is 2.56. The number of alkyl halides is 3. The molecule has 1 unspecified atom stereocenters. The third-order valence-corrected chi connectivity index (χ3v) is 2.50. The van der Waals surface area contributed by atoms with Crippen molar-refractivity contribution in [1.29, 1.82) is 0 Å². The molecule has 0 aromatic heterocycles. The molecule has 18 heavy (non-hydrogen) atoms. The van der Waals surface area contributed by atoms with Crippen LogP contribution in [0.15, 0.2) is 24.3 Å². The predicted octanol–water partition coefficient (Wildman–Crippen LogP) is 2.19. The van der Waals surface area contributed by atoms with E-state index in [0.717, 1.165) is 10.5 Å². The van der Waals surface area contributed by atoms with Crippen molar-refractivity contribution < 1.29 is 17.9 Å². The number of hydrogen-bond acceptors (Lipinski definition) is 3. The van der Waals surface area contributed by atoms with Crippen molar-refractivity contribution in [1.82, 2.24) is 4.90 Å². The number of halogens is 3. The maximum absolute atomic E-state index is 12.2. The van der Waals surface area contributed by atoms with Crippen molar-refractivity contribution in [3.8, 4) is 5.75 Å². The second kappa shape index (κ2) is 6.06. The topological polar surface area (TPSA) is 38.5 Å². The molecule has 0 radical (unpaired) electrons. The first kappa shape index (κ1) is 14.8. The monoisotopic (exact) mass is 262 g/mol. The van der Waals surface area contributed by atoms with E-state index in [1.807, 2.05) is 0 Å². The summed E-state index contributed by atoms with van der Waals surface area (Å²) in [5, 5.41) is 0. The highest BCUT2D eigenvalue weighted by atomic mass is 19.4. The van der Waals surface area contributed by atoms with Crippen LogP contribution in [0.25, 0.3) is 0 Å². The summed E-state index contributed by atoms with van der Waals surface area (Å²) in [4.78, 5) is 1.16. The molecule has 2 N–H and O–H groups in total. The fraction of sp³-hybridized carbons (Fsp3) is 0.500. The van der Waals surface area contributed by atoms with E-state index in [1.165, 1.54) is 7.05 Å². The van der Waals surface area contributed by atoms with Gasteiger partial charge in [0.25, 0.3) is 0 Å². The molecular formula is C12H17F3N2O. The van der Waals surface area contributed by atoms with Gasteiger partial charge in [-0.25, -0.2) is 0 Å². The maximum atomic E-state index is 12.2. The quantitative estimate of drug-likeness (QED) is 0.884. The summed E-state index contributed by atoms with van der Waals surface area (Å²) in [6, 6.07) is 6.52. The normalized spacial score (nSPS) is 13.7. The molecule has 0 heterocycles. The molecule has 0 amide bonds. The van der Waals surface area contributed by atoms with Gasteiger partial charge in [0.1, 0.15) is 5.75 Å². The van der Waals surface area contributed by atoms with Crippen molar-refractivity contribution >= 4 is 0 Å². The smallest absolute Gasteiger partial charge is 0.401 e. The van der Waals surface area contributed by atoms with E-state index in [9.17, 15) is 13.2 Å². The minimum atomic E-state index is -4.20. The summed E-state index contributed by atoms with van der Waals surface area (Å²) in [7, 11) is 2.95. The van der Waals surface area contributed by atoms with Gasteiger partial charge in [-0.2, -0.15) is 13.2 Å². The van der Waals surface area contributed by atoms with Gasteiger partial charge in [0, 0.05) is 12.6 Å². The Bertz CT molecular complexity index is 365. The van der Waals surface area contributed by atoms with Crippen LogP contribution >= 0.6 is 0 Å². The highest BCUT2D eigenvalue weighted by molar-refractivity contribution is 5.29. The van der Waals surface area contributed by atoms with Crippen LogP contribution in [0, 0.1) is 0 Å². The molecule has 0 bridgehead atoms. The number of ether oxygens (including phenoxy) is 1. The highest BCUT2D eigenvalue weighted by Crippen LogP contribution is 2.19. The van der Waals surface area contributed by atoms with E-state index in [4.69, 9.17) is 10.5 Å². The van der Waals surface area contributed by atoms with Gasteiger partial charge in [-0.15, -0.1) is 0 Å². The number of nitrogens with zero attached hydrogens (tertiary/aromatic N) is 1. The van der Waals surface area contributed by atoms with E-state index in [2.05, 4.69) is 0 Å². The number of nitrogens with two attached hydrogens (primary N) is 1. The van der Waals surface area contributed by atoms with Gasteiger partial charge in [0.05, 0.1) is 13.7 Å². The van der Waals surface area contributed by atoms with Crippen molar-refractivity contribution in [2.75, 3.05) is 27.2 Å². The van der Waals surface area contributed by atoms with E-state index >= 15 is 0 Å². The van der Waals surface area contributed by atoms with Crippen molar-refractivity contribution in [3.63, 3.8) is 0 Å². The van der Waals surface area contributed by atoms with Crippen LogP contribution in [0.3, 0.4) is 0 Å². The molecule has 0 spiro atoms. The van der Waals surface area contributed by atoms with Crippen LogP contribution in [-0.2, 0) is 0 Å². The molecule has 0 saturated carbocycles. The molecule has 102 valence electrons. The molecule has 0 aliphatic heterocycles. The fourth-order valence-corrected chi connectivity index (χ4v) is 1.66. The first-order chi connectivity index (χ1) is 8.31. The molecule has 0 aliphatic rings. The number of hydrogen-bond donors (Lipinski definition) is 1. The van der Waals surface area contributed by atoms with E-state index < -0.39 is 18.8 Å². The third-order valence-electron chi connectivity index (χ3n) is 2.50. The Kier molecular flexibility index (Phi) is 4.98. The molecule has 0 aliphatic carbocycles. The van der Waals surface area contributed by atoms with Crippen molar-refractivity contribution in [2.45, 2.75) is 12.2 Å². The molecule has 1 rings (SSSR count). The van der Waals surface area contributed by atoms with E-state index in [0.29, 0.717) is 5.75 Å². The van der Waals surface area contributed by atoms with E-state index in [-0.39, 0.29) is 6.54 Å².